The van der Waals surface area contributed by atoms with E-state index in [0.717, 1.165) is 12.1 Å². The fraction of sp³-hybridized carbons (Fsp3) is 0.500. The lowest BCUT2D eigenvalue weighted by molar-refractivity contribution is -0.143. The van der Waals surface area contributed by atoms with Gasteiger partial charge >= 0.3 is 12.4 Å². The van der Waals surface area contributed by atoms with Crippen LogP contribution in [0.3, 0.4) is 0 Å². The number of halogens is 6. The highest BCUT2D eigenvalue weighted by molar-refractivity contribution is 5.79. The lowest BCUT2D eigenvalue weighted by Gasteiger charge is -2.23. The number of carbonyl (C=O) groups excluding carboxylic acids is 1. The van der Waals surface area contributed by atoms with Crippen LogP contribution in [0, 0.1) is 0 Å². The highest BCUT2D eigenvalue weighted by atomic mass is 19.4. The highest BCUT2D eigenvalue weighted by Gasteiger charge is 2.37. The number of ketones is 1. The van der Waals surface area contributed by atoms with Crippen LogP contribution >= 0.6 is 0 Å². The molecule has 0 aliphatic heterocycles. The minimum Gasteiger partial charge on any atom is -0.300 e. The van der Waals surface area contributed by atoms with E-state index in [1.807, 2.05) is 0 Å². The Morgan fingerprint density at radius 1 is 0.810 bits per heavy atom. The van der Waals surface area contributed by atoms with E-state index < -0.39 is 29.4 Å². The molecule has 0 spiro atoms. The molecule has 1 aliphatic carbocycles. The Bertz CT molecular complexity index is 501. The van der Waals surface area contributed by atoms with Crippen LogP contribution in [-0.2, 0) is 17.1 Å². The van der Waals surface area contributed by atoms with Gasteiger partial charge in [-0.1, -0.05) is 0 Å². The van der Waals surface area contributed by atoms with Crippen molar-refractivity contribution in [1.29, 1.82) is 0 Å². The molecule has 0 heterocycles. The maximum atomic E-state index is 12.7. The molecule has 116 valence electrons. The number of benzene rings is 1. The van der Waals surface area contributed by atoms with Crippen molar-refractivity contribution >= 4 is 5.78 Å². The Kier molecular flexibility index (Phi) is 4.04. The second-order valence-electron chi connectivity index (χ2n) is 5.15. The number of hydrogen-bond donors (Lipinski definition) is 0. The molecule has 2 rings (SSSR count). The summed E-state index contributed by atoms with van der Waals surface area (Å²) < 4.78 is 76.5. The third-order valence-corrected chi connectivity index (χ3v) is 3.62. The molecule has 7 heteroatoms. The summed E-state index contributed by atoms with van der Waals surface area (Å²) in [4.78, 5) is 11.1. The molecule has 0 bridgehead atoms. The summed E-state index contributed by atoms with van der Waals surface area (Å²) in [6.07, 6.45) is -8.69. The first-order chi connectivity index (χ1) is 9.57. The monoisotopic (exact) mass is 310 g/mol. The second-order valence-corrected chi connectivity index (χ2v) is 5.15. The van der Waals surface area contributed by atoms with Gasteiger partial charge in [0, 0.05) is 12.8 Å². The smallest absolute Gasteiger partial charge is 0.300 e. The third kappa shape index (κ3) is 3.77. The van der Waals surface area contributed by atoms with Gasteiger partial charge in [0.15, 0.2) is 0 Å². The maximum absolute atomic E-state index is 12.7. The van der Waals surface area contributed by atoms with Gasteiger partial charge in [-0.3, -0.25) is 4.79 Å². The van der Waals surface area contributed by atoms with Crippen molar-refractivity contribution in [3.63, 3.8) is 0 Å². The molecule has 1 aliphatic rings. The molecule has 21 heavy (non-hydrogen) atoms. The van der Waals surface area contributed by atoms with Crippen molar-refractivity contribution in [3.05, 3.63) is 34.9 Å². The number of rotatable bonds is 1. The van der Waals surface area contributed by atoms with Gasteiger partial charge in [-0.25, -0.2) is 0 Å². The molecule has 1 nitrogen and oxygen atoms in total. The molecule has 0 unspecified atom stereocenters. The standard InChI is InChI=1S/C14H12F6O/c15-13(16,17)10-5-9(6-11(7-10)14(18,19)20)8-1-3-12(21)4-2-8/h5-8H,1-4H2. The molecule has 1 saturated carbocycles. The van der Waals surface area contributed by atoms with Crippen LogP contribution in [0.2, 0.25) is 0 Å². The van der Waals surface area contributed by atoms with Crippen LogP contribution in [0.4, 0.5) is 26.3 Å². The van der Waals surface area contributed by atoms with E-state index in [4.69, 9.17) is 0 Å². The zero-order chi connectivity index (χ0) is 15.8. The normalized spacial score (nSPS) is 18.1. The molecular weight excluding hydrogens is 298 g/mol. The fourth-order valence-electron chi connectivity index (χ4n) is 2.49. The van der Waals surface area contributed by atoms with Crippen molar-refractivity contribution in [3.8, 4) is 0 Å². The Labute approximate surface area is 116 Å². The van der Waals surface area contributed by atoms with Gasteiger partial charge in [0.25, 0.3) is 0 Å². The van der Waals surface area contributed by atoms with Crippen molar-refractivity contribution < 1.29 is 31.1 Å². The van der Waals surface area contributed by atoms with Gasteiger partial charge in [0.1, 0.15) is 5.78 Å². The van der Waals surface area contributed by atoms with Gasteiger partial charge in [-0.15, -0.1) is 0 Å². The third-order valence-electron chi connectivity index (χ3n) is 3.62. The molecule has 1 aromatic carbocycles. The maximum Gasteiger partial charge on any atom is 0.416 e. The van der Waals surface area contributed by atoms with Crippen LogP contribution in [0.5, 0.6) is 0 Å². The van der Waals surface area contributed by atoms with Gasteiger partial charge in [0.2, 0.25) is 0 Å². The number of alkyl halides is 6. The summed E-state index contributed by atoms with van der Waals surface area (Å²) in [5, 5.41) is 0. The van der Waals surface area contributed by atoms with Crippen LogP contribution < -0.4 is 0 Å². The van der Waals surface area contributed by atoms with Crippen LogP contribution in [0.15, 0.2) is 18.2 Å². The summed E-state index contributed by atoms with van der Waals surface area (Å²) in [6, 6.07) is 1.64. The molecule has 0 atom stereocenters. The minimum atomic E-state index is -4.83. The Hall–Kier alpha value is -1.53. The first-order valence-electron chi connectivity index (χ1n) is 6.38. The molecular formula is C14H12F6O. The Morgan fingerprint density at radius 3 is 1.62 bits per heavy atom. The lowest BCUT2D eigenvalue weighted by atomic mass is 9.82. The highest BCUT2D eigenvalue weighted by Crippen LogP contribution is 2.40. The van der Waals surface area contributed by atoms with E-state index in [9.17, 15) is 31.1 Å². The number of carbonyl (C=O) groups is 1. The van der Waals surface area contributed by atoms with Gasteiger partial charge in [-0.2, -0.15) is 26.3 Å². The van der Waals surface area contributed by atoms with E-state index >= 15 is 0 Å². The fourth-order valence-corrected chi connectivity index (χ4v) is 2.49. The van der Waals surface area contributed by atoms with E-state index in [0.29, 0.717) is 0 Å². The first-order valence-corrected chi connectivity index (χ1v) is 6.38. The van der Waals surface area contributed by atoms with E-state index in [1.165, 1.54) is 0 Å². The number of hydrogen-bond acceptors (Lipinski definition) is 1. The van der Waals surface area contributed by atoms with Gasteiger partial charge in [0.05, 0.1) is 11.1 Å². The van der Waals surface area contributed by atoms with E-state index in [-0.39, 0.29) is 43.1 Å². The summed E-state index contributed by atoms with van der Waals surface area (Å²) >= 11 is 0. The molecule has 0 amide bonds. The van der Waals surface area contributed by atoms with Crippen molar-refractivity contribution in [2.24, 2.45) is 0 Å². The second kappa shape index (κ2) is 5.35. The van der Waals surface area contributed by atoms with Crippen molar-refractivity contribution in [2.75, 3.05) is 0 Å². The first kappa shape index (κ1) is 15.9. The summed E-state index contributed by atoms with van der Waals surface area (Å²) in [6.45, 7) is 0. The molecule has 0 radical (unpaired) electrons. The van der Waals surface area contributed by atoms with E-state index in [1.54, 1.807) is 0 Å². The molecule has 1 aromatic rings. The zero-order valence-electron chi connectivity index (χ0n) is 10.8. The summed E-state index contributed by atoms with van der Waals surface area (Å²) in [5.74, 6) is -0.444. The van der Waals surface area contributed by atoms with Crippen LogP contribution in [-0.4, -0.2) is 5.78 Å². The lowest BCUT2D eigenvalue weighted by Crippen LogP contribution is -2.16. The predicted octanol–water partition coefficient (Wildman–Crippen LogP) is 4.95. The number of Topliss-reactive ketones (excluding diaryl/α,β-unsaturated/α-hetero) is 1. The van der Waals surface area contributed by atoms with Crippen molar-refractivity contribution in [1.82, 2.24) is 0 Å². The summed E-state index contributed by atoms with van der Waals surface area (Å²) in [5.41, 5.74) is -2.60. The van der Waals surface area contributed by atoms with E-state index in [2.05, 4.69) is 0 Å². The van der Waals surface area contributed by atoms with Gasteiger partial charge in [-0.05, 0) is 42.5 Å². The minimum absolute atomic E-state index is 0.00431. The zero-order valence-corrected chi connectivity index (χ0v) is 10.8. The topological polar surface area (TPSA) is 17.1 Å². The molecule has 0 N–H and O–H groups in total. The van der Waals surface area contributed by atoms with Crippen molar-refractivity contribution in [2.45, 2.75) is 44.0 Å². The average molecular weight is 310 g/mol. The average Bonchev–Trinajstić information content (AvgIpc) is 2.37. The SMILES string of the molecule is O=C1CCC(c2cc(C(F)(F)F)cc(C(F)(F)F)c2)CC1. The molecule has 1 fully saturated rings. The van der Waals surface area contributed by atoms with Crippen LogP contribution in [0.1, 0.15) is 48.3 Å². The Balaban J connectivity index is 2.43. The molecule has 0 aromatic heterocycles. The Morgan fingerprint density at radius 2 is 1.24 bits per heavy atom. The van der Waals surface area contributed by atoms with Gasteiger partial charge < -0.3 is 0 Å². The molecule has 0 saturated heterocycles. The predicted molar refractivity (Wildman–Crippen MR) is 62.7 cm³/mol. The summed E-state index contributed by atoms with van der Waals surface area (Å²) in [7, 11) is 0. The van der Waals surface area contributed by atoms with Crippen LogP contribution in [0.25, 0.3) is 0 Å². The quantitative estimate of drug-likeness (QED) is 0.671. The largest absolute Gasteiger partial charge is 0.416 e.